The lowest BCUT2D eigenvalue weighted by Gasteiger charge is -2.04. The number of benzene rings is 2. The van der Waals surface area contributed by atoms with Gasteiger partial charge in [-0.3, -0.25) is 4.79 Å². The third kappa shape index (κ3) is 3.26. The van der Waals surface area contributed by atoms with E-state index >= 15 is 0 Å². The summed E-state index contributed by atoms with van der Waals surface area (Å²) in [5.74, 6) is -0.254. The molecule has 0 unspecified atom stereocenters. The summed E-state index contributed by atoms with van der Waals surface area (Å²) in [5.41, 5.74) is 2.53. The van der Waals surface area contributed by atoms with Crippen LogP contribution in [0, 0.1) is 12.7 Å². The Morgan fingerprint density at radius 3 is 2.44 bits per heavy atom. The van der Waals surface area contributed by atoms with Crippen LogP contribution in [0.3, 0.4) is 0 Å². The van der Waals surface area contributed by atoms with Crippen molar-refractivity contribution in [1.29, 1.82) is 0 Å². The third-order valence-corrected chi connectivity index (χ3v) is 3.10. The van der Waals surface area contributed by atoms with E-state index < -0.39 is 0 Å². The highest BCUT2D eigenvalue weighted by atomic mass is 79.9. The molecule has 0 atom stereocenters. The predicted octanol–water partition coefficient (Wildman–Crippen LogP) is 4.32. The maximum atomic E-state index is 12.8. The molecular formula is C15H12BrFO. The van der Waals surface area contributed by atoms with Crippen LogP contribution in [0.25, 0.3) is 0 Å². The molecule has 0 radical (unpaired) electrons. The SMILES string of the molecule is Cc1cc(Br)cc(C(=O)Cc2ccc(F)cc2)c1. The van der Waals surface area contributed by atoms with Crippen LogP contribution >= 0.6 is 15.9 Å². The van der Waals surface area contributed by atoms with E-state index in [2.05, 4.69) is 15.9 Å². The van der Waals surface area contributed by atoms with Crippen molar-refractivity contribution in [3.05, 3.63) is 69.4 Å². The van der Waals surface area contributed by atoms with Crippen molar-refractivity contribution < 1.29 is 9.18 Å². The maximum Gasteiger partial charge on any atom is 0.167 e. The summed E-state index contributed by atoms with van der Waals surface area (Å²) < 4.78 is 13.7. The smallest absolute Gasteiger partial charge is 0.167 e. The van der Waals surface area contributed by atoms with Crippen molar-refractivity contribution in [3.63, 3.8) is 0 Å². The average molecular weight is 307 g/mol. The molecule has 2 aromatic rings. The van der Waals surface area contributed by atoms with Gasteiger partial charge < -0.3 is 0 Å². The quantitative estimate of drug-likeness (QED) is 0.772. The highest BCUT2D eigenvalue weighted by Crippen LogP contribution is 2.17. The van der Waals surface area contributed by atoms with Crippen LogP contribution in [-0.2, 0) is 6.42 Å². The van der Waals surface area contributed by atoms with Gasteiger partial charge in [-0.2, -0.15) is 0 Å². The lowest BCUT2D eigenvalue weighted by molar-refractivity contribution is 0.0993. The molecule has 18 heavy (non-hydrogen) atoms. The van der Waals surface area contributed by atoms with Crippen molar-refractivity contribution in [1.82, 2.24) is 0 Å². The topological polar surface area (TPSA) is 17.1 Å². The Morgan fingerprint density at radius 1 is 1.17 bits per heavy atom. The Labute approximate surface area is 114 Å². The van der Waals surface area contributed by atoms with Crippen LogP contribution in [0.2, 0.25) is 0 Å². The van der Waals surface area contributed by atoms with Crippen molar-refractivity contribution in [2.24, 2.45) is 0 Å². The molecule has 0 amide bonds. The number of aryl methyl sites for hydroxylation is 1. The fourth-order valence-corrected chi connectivity index (χ4v) is 2.39. The second kappa shape index (κ2) is 5.44. The maximum absolute atomic E-state index is 12.8. The van der Waals surface area contributed by atoms with Gasteiger partial charge in [-0.05, 0) is 48.4 Å². The number of hydrogen-bond acceptors (Lipinski definition) is 1. The number of carbonyl (C=O) groups excluding carboxylic acids is 1. The molecule has 0 aliphatic rings. The number of Topliss-reactive ketones (excluding diaryl/α,β-unsaturated/α-hetero) is 1. The van der Waals surface area contributed by atoms with E-state index in [-0.39, 0.29) is 18.0 Å². The first-order valence-electron chi connectivity index (χ1n) is 5.59. The number of ketones is 1. The summed E-state index contributed by atoms with van der Waals surface area (Å²) in [5, 5.41) is 0. The fourth-order valence-electron chi connectivity index (χ4n) is 1.79. The first-order valence-corrected chi connectivity index (χ1v) is 6.39. The van der Waals surface area contributed by atoms with E-state index in [1.165, 1.54) is 12.1 Å². The Bertz CT molecular complexity index is 555. The van der Waals surface area contributed by atoms with Crippen LogP contribution < -0.4 is 0 Å². The van der Waals surface area contributed by atoms with Gasteiger partial charge in [-0.25, -0.2) is 4.39 Å². The normalized spacial score (nSPS) is 10.4. The Kier molecular flexibility index (Phi) is 3.92. The molecule has 1 nitrogen and oxygen atoms in total. The van der Waals surface area contributed by atoms with Crippen LogP contribution in [-0.4, -0.2) is 5.78 Å². The van der Waals surface area contributed by atoms with Gasteiger partial charge in [0.25, 0.3) is 0 Å². The van der Waals surface area contributed by atoms with Crippen molar-refractivity contribution in [3.8, 4) is 0 Å². The highest BCUT2D eigenvalue weighted by Gasteiger charge is 2.08. The molecule has 0 saturated carbocycles. The second-order valence-electron chi connectivity index (χ2n) is 4.24. The summed E-state index contributed by atoms with van der Waals surface area (Å²) in [6.45, 7) is 1.94. The van der Waals surface area contributed by atoms with Gasteiger partial charge in [0.1, 0.15) is 5.82 Å². The molecule has 0 fully saturated rings. The van der Waals surface area contributed by atoms with E-state index in [1.54, 1.807) is 18.2 Å². The van der Waals surface area contributed by atoms with E-state index in [0.717, 1.165) is 15.6 Å². The van der Waals surface area contributed by atoms with Gasteiger partial charge in [-0.1, -0.05) is 28.1 Å². The first kappa shape index (κ1) is 13.0. The van der Waals surface area contributed by atoms with Crippen molar-refractivity contribution >= 4 is 21.7 Å². The van der Waals surface area contributed by atoms with E-state index in [9.17, 15) is 9.18 Å². The average Bonchev–Trinajstić information content (AvgIpc) is 2.31. The van der Waals surface area contributed by atoms with Gasteiger partial charge >= 0.3 is 0 Å². The summed E-state index contributed by atoms with van der Waals surface area (Å²) in [6, 6.07) is 11.6. The van der Waals surface area contributed by atoms with E-state index in [1.807, 2.05) is 19.1 Å². The van der Waals surface area contributed by atoms with E-state index in [4.69, 9.17) is 0 Å². The molecule has 0 spiro atoms. The predicted molar refractivity (Wildman–Crippen MR) is 73.3 cm³/mol. The van der Waals surface area contributed by atoms with Crippen LogP contribution in [0.1, 0.15) is 21.5 Å². The highest BCUT2D eigenvalue weighted by molar-refractivity contribution is 9.10. The first-order chi connectivity index (χ1) is 8.54. The zero-order valence-corrected chi connectivity index (χ0v) is 11.5. The Hall–Kier alpha value is -1.48. The minimum atomic E-state index is -0.288. The molecule has 0 saturated heterocycles. The van der Waals surface area contributed by atoms with Crippen LogP contribution in [0.5, 0.6) is 0 Å². The molecular weight excluding hydrogens is 295 g/mol. The Morgan fingerprint density at radius 2 is 1.83 bits per heavy atom. The van der Waals surface area contributed by atoms with Crippen molar-refractivity contribution in [2.45, 2.75) is 13.3 Å². The second-order valence-corrected chi connectivity index (χ2v) is 5.16. The fraction of sp³-hybridized carbons (Fsp3) is 0.133. The molecule has 2 rings (SSSR count). The molecule has 0 aliphatic carbocycles. The standard InChI is InChI=1S/C15H12BrFO/c1-10-6-12(9-13(16)7-10)15(18)8-11-2-4-14(17)5-3-11/h2-7,9H,8H2,1H3. The summed E-state index contributed by atoms with van der Waals surface area (Å²) >= 11 is 3.37. The summed E-state index contributed by atoms with van der Waals surface area (Å²) in [7, 11) is 0. The molecule has 0 heterocycles. The van der Waals surface area contributed by atoms with Gasteiger partial charge in [0.05, 0.1) is 0 Å². The monoisotopic (exact) mass is 306 g/mol. The van der Waals surface area contributed by atoms with Gasteiger partial charge in [0.15, 0.2) is 5.78 Å². The van der Waals surface area contributed by atoms with E-state index in [0.29, 0.717) is 5.56 Å². The number of rotatable bonds is 3. The molecule has 0 bridgehead atoms. The molecule has 0 aromatic heterocycles. The molecule has 0 N–H and O–H groups in total. The number of carbonyl (C=O) groups is 1. The minimum absolute atomic E-state index is 0.0333. The molecule has 92 valence electrons. The number of hydrogen-bond donors (Lipinski definition) is 0. The molecule has 2 aromatic carbocycles. The largest absolute Gasteiger partial charge is 0.294 e. The summed E-state index contributed by atoms with van der Waals surface area (Å²) in [4.78, 5) is 12.1. The molecule has 3 heteroatoms. The lowest BCUT2D eigenvalue weighted by Crippen LogP contribution is -2.04. The Balaban J connectivity index is 2.19. The third-order valence-electron chi connectivity index (χ3n) is 2.64. The zero-order chi connectivity index (χ0) is 13.1. The molecule has 0 aliphatic heterocycles. The lowest BCUT2D eigenvalue weighted by atomic mass is 10.0. The zero-order valence-electron chi connectivity index (χ0n) is 9.91. The van der Waals surface area contributed by atoms with Gasteiger partial charge in [0.2, 0.25) is 0 Å². The van der Waals surface area contributed by atoms with Gasteiger partial charge in [0, 0.05) is 16.5 Å². The van der Waals surface area contributed by atoms with Gasteiger partial charge in [-0.15, -0.1) is 0 Å². The van der Waals surface area contributed by atoms with Crippen molar-refractivity contribution in [2.75, 3.05) is 0 Å². The van der Waals surface area contributed by atoms with Crippen LogP contribution in [0.15, 0.2) is 46.9 Å². The summed E-state index contributed by atoms with van der Waals surface area (Å²) in [6.07, 6.45) is 0.288. The number of halogens is 2. The minimum Gasteiger partial charge on any atom is -0.294 e. The van der Waals surface area contributed by atoms with Crippen LogP contribution in [0.4, 0.5) is 4.39 Å².